The topological polar surface area (TPSA) is 52.6 Å². The highest BCUT2D eigenvalue weighted by Gasteiger charge is 2.52. The Hall–Kier alpha value is 1.08. The Morgan fingerprint density at radius 1 is 1.00 bits per heavy atom. The Labute approximate surface area is 67.0 Å². The maximum absolute atomic E-state index is 10.9. The Balaban J connectivity index is 2.59. The highest BCUT2D eigenvalue weighted by Crippen LogP contribution is 2.90. The summed E-state index contributed by atoms with van der Waals surface area (Å²) in [5.74, 6) is 0. The van der Waals surface area contributed by atoms with Gasteiger partial charge in [-0.3, -0.25) is 0 Å². The van der Waals surface area contributed by atoms with E-state index in [0.29, 0.717) is 0 Å². The van der Waals surface area contributed by atoms with Gasteiger partial charge >= 0.3 is 13.6 Å². The largest absolute Gasteiger partial charge is 0.404 e. The summed E-state index contributed by atoms with van der Waals surface area (Å²) in [4.78, 5) is 0. The maximum Gasteiger partial charge on any atom is 0.404 e. The molecule has 8 heteroatoms. The normalized spacial score (nSPS) is 46.6. The van der Waals surface area contributed by atoms with Crippen LogP contribution in [0.4, 0.5) is 0 Å². The zero-order chi connectivity index (χ0) is 7.83. The van der Waals surface area contributed by atoms with Crippen molar-refractivity contribution in [2.24, 2.45) is 0 Å². The monoisotopic (exact) mass is 220 g/mol. The van der Waals surface area contributed by atoms with Gasteiger partial charge in [0.1, 0.15) is 0 Å². The SMILES string of the molecule is CSP1(=O)OP(=O)(SC)O1. The third kappa shape index (κ3) is 1.63. The molecular weight excluding hydrogens is 214 g/mol. The fraction of sp³-hybridized carbons (Fsp3) is 1.00. The van der Waals surface area contributed by atoms with Gasteiger partial charge in [-0.15, -0.1) is 0 Å². The number of rotatable bonds is 2. The third-order valence-electron chi connectivity index (χ3n) is 0.847. The highest BCUT2D eigenvalue weighted by atomic mass is 32.8. The molecule has 0 radical (unpaired) electrons. The van der Waals surface area contributed by atoms with Gasteiger partial charge in [0.05, 0.1) is 0 Å². The summed E-state index contributed by atoms with van der Waals surface area (Å²) in [5.41, 5.74) is 0. The first kappa shape index (κ1) is 9.17. The van der Waals surface area contributed by atoms with Crippen LogP contribution in [0, 0.1) is 0 Å². The minimum atomic E-state index is -2.98. The lowest BCUT2D eigenvalue weighted by molar-refractivity contribution is 0.310. The fourth-order valence-corrected chi connectivity index (χ4v) is 9.78. The standard InChI is InChI=1S/C2H6O4P2S2/c1-9-7(3)5-8(4,6-7)10-2/h1-2H3. The van der Waals surface area contributed by atoms with Crippen molar-refractivity contribution in [3.05, 3.63) is 0 Å². The predicted octanol–water partition coefficient (Wildman–Crippen LogP) is 2.98. The third-order valence-corrected chi connectivity index (χ3v) is 10.0. The average Bonchev–Trinajstić information content (AvgIpc) is 1.85. The van der Waals surface area contributed by atoms with Crippen molar-refractivity contribution in [2.75, 3.05) is 12.5 Å². The summed E-state index contributed by atoms with van der Waals surface area (Å²) in [6, 6.07) is 0. The first-order valence-electron chi connectivity index (χ1n) is 2.28. The average molecular weight is 220 g/mol. The van der Waals surface area contributed by atoms with E-state index in [1.807, 2.05) is 0 Å². The summed E-state index contributed by atoms with van der Waals surface area (Å²) in [5, 5.41) is 0. The van der Waals surface area contributed by atoms with Crippen LogP contribution in [0.1, 0.15) is 0 Å². The van der Waals surface area contributed by atoms with Crippen molar-refractivity contribution in [1.29, 1.82) is 0 Å². The quantitative estimate of drug-likeness (QED) is 0.667. The van der Waals surface area contributed by atoms with E-state index in [-0.39, 0.29) is 0 Å². The summed E-state index contributed by atoms with van der Waals surface area (Å²) >= 11 is 1.91. The molecule has 1 aliphatic heterocycles. The zero-order valence-electron chi connectivity index (χ0n) is 5.34. The minimum absolute atomic E-state index is 0.957. The van der Waals surface area contributed by atoms with Crippen molar-refractivity contribution < 1.29 is 17.8 Å². The van der Waals surface area contributed by atoms with Gasteiger partial charge in [0, 0.05) is 0 Å². The van der Waals surface area contributed by atoms with E-state index in [2.05, 4.69) is 8.62 Å². The first-order valence-corrected chi connectivity index (χ1v) is 9.02. The summed E-state index contributed by atoms with van der Waals surface area (Å²) in [6.45, 7) is -5.96. The van der Waals surface area contributed by atoms with E-state index in [1.165, 1.54) is 0 Å². The van der Waals surface area contributed by atoms with E-state index >= 15 is 0 Å². The van der Waals surface area contributed by atoms with Gasteiger partial charge in [0.15, 0.2) is 0 Å². The smallest absolute Gasteiger partial charge is 0.246 e. The van der Waals surface area contributed by atoms with Gasteiger partial charge in [0.25, 0.3) is 0 Å². The molecule has 0 unspecified atom stereocenters. The van der Waals surface area contributed by atoms with E-state index in [0.717, 1.165) is 22.8 Å². The molecule has 10 heavy (non-hydrogen) atoms. The van der Waals surface area contributed by atoms with E-state index in [1.54, 1.807) is 12.5 Å². The highest BCUT2D eigenvalue weighted by molar-refractivity contribution is 8.65. The van der Waals surface area contributed by atoms with Crippen LogP contribution in [0.2, 0.25) is 0 Å². The van der Waals surface area contributed by atoms with Crippen molar-refractivity contribution >= 4 is 36.4 Å². The van der Waals surface area contributed by atoms with Crippen molar-refractivity contribution in [3.63, 3.8) is 0 Å². The molecule has 0 aliphatic carbocycles. The molecule has 0 aromatic heterocycles. The lowest BCUT2D eigenvalue weighted by atomic mass is 12.0. The molecule has 0 N–H and O–H groups in total. The van der Waals surface area contributed by atoms with Gasteiger partial charge in [0.2, 0.25) is 0 Å². The zero-order valence-corrected chi connectivity index (χ0v) is 8.77. The lowest BCUT2D eigenvalue weighted by Gasteiger charge is -2.30. The second-order valence-electron chi connectivity index (χ2n) is 1.42. The van der Waals surface area contributed by atoms with Gasteiger partial charge in [-0.25, -0.2) is 17.8 Å². The molecule has 0 aromatic rings. The van der Waals surface area contributed by atoms with Gasteiger partial charge in [-0.1, -0.05) is 0 Å². The van der Waals surface area contributed by atoms with Crippen LogP contribution < -0.4 is 0 Å². The summed E-state index contributed by atoms with van der Waals surface area (Å²) in [7, 11) is 0. The van der Waals surface area contributed by atoms with Crippen LogP contribution >= 0.6 is 36.4 Å². The molecule has 1 fully saturated rings. The van der Waals surface area contributed by atoms with Crippen LogP contribution in [0.25, 0.3) is 0 Å². The molecule has 0 aromatic carbocycles. The number of hydrogen-bond acceptors (Lipinski definition) is 6. The van der Waals surface area contributed by atoms with E-state index in [4.69, 9.17) is 0 Å². The molecule has 0 saturated carbocycles. The van der Waals surface area contributed by atoms with Crippen LogP contribution in [0.5, 0.6) is 0 Å². The van der Waals surface area contributed by atoms with Gasteiger partial charge in [-0.2, -0.15) is 0 Å². The minimum Gasteiger partial charge on any atom is -0.246 e. The van der Waals surface area contributed by atoms with Crippen LogP contribution in [-0.4, -0.2) is 12.5 Å². The van der Waals surface area contributed by atoms with Crippen LogP contribution in [0.3, 0.4) is 0 Å². The molecular formula is C2H6O4P2S2. The fourth-order valence-electron chi connectivity index (χ4n) is 0.384. The molecule has 1 rings (SSSR count). The van der Waals surface area contributed by atoms with E-state index in [9.17, 15) is 9.13 Å². The second-order valence-corrected chi connectivity index (χ2v) is 10.1. The molecule has 1 saturated heterocycles. The van der Waals surface area contributed by atoms with Crippen LogP contribution in [0.15, 0.2) is 0 Å². The number of hydrogen-bond donors (Lipinski definition) is 0. The molecule has 4 nitrogen and oxygen atoms in total. The maximum atomic E-state index is 10.9. The Morgan fingerprint density at radius 2 is 1.30 bits per heavy atom. The van der Waals surface area contributed by atoms with E-state index < -0.39 is 13.6 Å². The predicted molar refractivity (Wildman–Crippen MR) is 44.4 cm³/mol. The molecule has 60 valence electrons. The van der Waals surface area contributed by atoms with Gasteiger partial charge in [-0.05, 0) is 35.3 Å². The summed E-state index contributed by atoms with van der Waals surface area (Å²) in [6.07, 6.45) is 3.18. The molecule has 0 bridgehead atoms. The van der Waals surface area contributed by atoms with Crippen molar-refractivity contribution in [3.8, 4) is 0 Å². The molecule has 0 spiro atoms. The molecule has 1 aliphatic rings. The van der Waals surface area contributed by atoms with Crippen molar-refractivity contribution in [1.82, 2.24) is 0 Å². The Kier molecular flexibility index (Phi) is 2.61. The Morgan fingerprint density at radius 3 is 1.50 bits per heavy atom. The van der Waals surface area contributed by atoms with Crippen LogP contribution in [-0.2, 0) is 17.8 Å². The molecule has 0 atom stereocenters. The first-order chi connectivity index (χ1) is 4.54. The summed E-state index contributed by atoms with van der Waals surface area (Å²) < 4.78 is 31.1. The molecule has 1 heterocycles. The van der Waals surface area contributed by atoms with Gasteiger partial charge < -0.3 is 0 Å². The second kappa shape index (κ2) is 2.85. The lowest BCUT2D eigenvalue weighted by Crippen LogP contribution is -1.98. The Bertz CT molecular complexity index is 191. The van der Waals surface area contributed by atoms with Crippen molar-refractivity contribution in [2.45, 2.75) is 0 Å². The molecule has 0 amide bonds.